The maximum Gasteiger partial charge on any atom is 0.147 e. The normalized spacial score (nSPS) is 11.4. The van der Waals surface area contributed by atoms with E-state index in [-0.39, 0.29) is 5.75 Å². The van der Waals surface area contributed by atoms with Gasteiger partial charge in [0.2, 0.25) is 0 Å². The van der Waals surface area contributed by atoms with Gasteiger partial charge in [0.05, 0.1) is 15.8 Å². The van der Waals surface area contributed by atoms with Crippen molar-refractivity contribution in [3.8, 4) is 0 Å². The highest BCUT2D eigenvalue weighted by atomic mass is 35.5. The van der Waals surface area contributed by atoms with E-state index in [1.807, 2.05) is 6.92 Å². The summed E-state index contributed by atoms with van der Waals surface area (Å²) in [7, 11) is -2.94. The highest BCUT2D eigenvalue weighted by molar-refractivity contribution is 7.90. The lowest BCUT2D eigenvalue weighted by atomic mass is 10.4. The molecule has 0 radical (unpaired) electrons. The lowest BCUT2D eigenvalue weighted by Gasteiger charge is -2.12. The van der Waals surface area contributed by atoms with Crippen LogP contribution in [0, 0.1) is 0 Å². The van der Waals surface area contributed by atoms with Gasteiger partial charge in [-0.2, -0.15) is 0 Å². The summed E-state index contributed by atoms with van der Waals surface area (Å²) in [5.74, 6) is 1.21. The molecule has 8 heteroatoms. The molecule has 20 heavy (non-hydrogen) atoms. The van der Waals surface area contributed by atoms with E-state index in [9.17, 15) is 8.42 Å². The number of nitrogens with zero attached hydrogens (tertiary/aromatic N) is 1. The van der Waals surface area contributed by atoms with E-state index in [4.69, 9.17) is 23.2 Å². The maximum absolute atomic E-state index is 11.0. The first kappa shape index (κ1) is 17.3. The summed E-state index contributed by atoms with van der Waals surface area (Å²) < 4.78 is 22.1. The number of sulfone groups is 1. The van der Waals surface area contributed by atoms with Crippen LogP contribution in [0.5, 0.6) is 0 Å². The van der Waals surface area contributed by atoms with Crippen molar-refractivity contribution >= 4 is 44.7 Å². The van der Waals surface area contributed by atoms with Gasteiger partial charge in [0.15, 0.2) is 0 Å². The number of aromatic nitrogens is 1. The second kappa shape index (κ2) is 7.90. The molecule has 2 N–H and O–H groups in total. The minimum absolute atomic E-state index is 0.131. The highest BCUT2D eigenvalue weighted by Gasteiger charge is 2.09. The van der Waals surface area contributed by atoms with Crippen LogP contribution in [0.1, 0.15) is 19.8 Å². The summed E-state index contributed by atoms with van der Waals surface area (Å²) in [6.07, 6.45) is 2.67. The summed E-state index contributed by atoms with van der Waals surface area (Å²) in [4.78, 5) is 4.31. The average Bonchev–Trinajstić information content (AvgIpc) is 2.34. The number of anilines is 2. The van der Waals surface area contributed by atoms with Crippen molar-refractivity contribution in [3.05, 3.63) is 16.1 Å². The molecule has 1 aromatic rings. The standard InChI is InChI=1S/C12H19Cl2N3O2S/c1-3-5-15-11-9(13)8-10(14)12(17-11)16-6-4-7-20(2,18)19/h8H,3-7H2,1-2H3,(H2,15,16,17). The number of halogens is 2. The van der Waals surface area contributed by atoms with Crippen molar-refractivity contribution in [1.82, 2.24) is 4.98 Å². The van der Waals surface area contributed by atoms with Gasteiger partial charge in [0.25, 0.3) is 0 Å². The molecule has 0 aliphatic heterocycles. The minimum atomic E-state index is -2.94. The molecule has 0 spiro atoms. The first-order valence-electron chi connectivity index (χ1n) is 6.35. The second-order valence-electron chi connectivity index (χ2n) is 4.49. The number of hydrogen-bond acceptors (Lipinski definition) is 5. The molecule has 114 valence electrons. The monoisotopic (exact) mass is 339 g/mol. The van der Waals surface area contributed by atoms with Crippen molar-refractivity contribution in [2.45, 2.75) is 19.8 Å². The Kier molecular flexibility index (Phi) is 6.85. The van der Waals surface area contributed by atoms with Crippen LogP contribution < -0.4 is 10.6 Å². The topological polar surface area (TPSA) is 71.1 Å². The zero-order chi connectivity index (χ0) is 15.2. The van der Waals surface area contributed by atoms with Gasteiger partial charge < -0.3 is 10.6 Å². The van der Waals surface area contributed by atoms with Gasteiger partial charge >= 0.3 is 0 Å². The van der Waals surface area contributed by atoms with E-state index in [1.165, 1.54) is 6.26 Å². The summed E-state index contributed by atoms with van der Waals surface area (Å²) >= 11 is 12.1. The van der Waals surface area contributed by atoms with Crippen LogP contribution in [0.3, 0.4) is 0 Å². The summed E-state index contributed by atoms with van der Waals surface area (Å²) in [5, 5.41) is 7.01. The quantitative estimate of drug-likeness (QED) is 0.712. The number of nitrogens with one attached hydrogen (secondary N) is 2. The van der Waals surface area contributed by atoms with Gasteiger partial charge in [-0.3, -0.25) is 0 Å². The number of pyridine rings is 1. The zero-order valence-corrected chi connectivity index (χ0v) is 13.9. The van der Waals surface area contributed by atoms with Gasteiger partial charge in [-0.05, 0) is 18.9 Å². The Morgan fingerprint density at radius 2 is 1.70 bits per heavy atom. The van der Waals surface area contributed by atoms with Gasteiger partial charge in [0.1, 0.15) is 21.5 Å². The molecule has 0 saturated heterocycles. The average molecular weight is 340 g/mol. The maximum atomic E-state index is 11.0. The molecule has 0 bridgehead atoms. The third-order valence-corrected chi connectivity index (χ3v) is 4.06. The molecule has 0 atom stereocenters. The Morgan fingerprint density at radius 3 is 2.20 bits per heavy atom. The molecule has 0 fully saturated rings. The van der Waals surface area contributed by atoms with Crippen LogP contribution in [0.4, 0.5) is 11.6 Å². The SMILES string of the molecule is CCCNc1nc(NCCCS(C)(=O)=O)c(Cl)cc1Cl. The number of rotatable bonds is 8. The van der Waals surface area contributed by atoms with Crippen molar-refractivity contribution in [3.63, 3.8) is 0 Å². The Balaban J connectivity index is 2.64. The van der Waals surface area contributed by atoms with Gasteiger partial charge in [-0.25, -0.2) is 13.4 Å². The van der Waals surface area contributed by atoms with Gasteiger partial charge in [0, 0.05) is 19.3 Å². The van der Waals surface area contributed by atoms with Crippen molar-refractivity contribution in [2.24, 2.45) is 0 Å². The van der Waals surface area contributed by atoms with E-state index < -0.39 is 9.84 Å². The molecule has 0 saturated carbocycles. The largest absolute Gasteiger partial charge is 0.369 e. The summed E-state index contributed by atoms with van der Waals surface area (Å²) in [6, 6.07) is 1.62. The Hall–Kier alpha value is -0.720. The zero-order valence-electron chi connectivity index (χ0n) is 11.5. The molecular weight excluding hydrogens is 321 g/mol. The van der Waals surface area contributed by atoms with E-state index in [1.54, 1.807) is 6.07 Å². The molecule has 1 aromatic heterocycles. The first-order chi connectivity index (χ1) is 9.33. The van der Waals surface area contributed by atoms with Crippen LogP contribution in [0.2, 0.25) is 10.0 Å². The Morgan fingerprint density at radius 1 is 1.15 bits per heavy atom. The predicted molar refractivity (Wildman–Crippen MR) is 85.9 cm³/mol. The van der Waals surface area contributed by atoms with E-state index >= 15 is 0 Å². The van der Waals surface area contributed by atoms with Crippen LogP contribution in [0.25, 0.3) is 0 Å². The van der Waals surface area contributed by atoms with E-state index in [0.29, 0.717) is 34.6 Å². The third kappa shape index (κ3) is 6.15. The molecule has 0 aliphatic carbocycles. The van der Waals surface area contributed by atoms with Gasteiger partial charge in [-0.15, -0.1) is 0 Å². The fourth-order valence-electron chi connectivity index (χ4n) is 1.50. The fourth-order valence-corrected chi connectivity index (χ4v) is 2.66. The van der Waals surface area contributed by atoms with E-state index in [2.05, 4.69) is 15.6 Å². The molecule has 0 aromatic carbocycles. The van der Waals surface area contributed by atoms with Crippen LogP contribution in [0.15, 0.2) is 6.07 Å². The Bertz CT molecular complexity index is 550. The third-order valence-electron chi connectivity index (χ3n) is 2.46. The van der Waals surface area contributed by atoms with Crippen molar-refractivity contribution in [2.75, 3.05) is 35.7 Å². The molecule has 0 unspecified atom stereocenters. The molecule has 1 heterocycles. The molecule has 1 rings (SSSR count). The van der Waals surface area contributed by atoms with Gasteiger partial charge in [-0.1, -0.05) is 30.1 Å². The summed E-state index contributed by atoms with van der Waals surface area (Å²) in [5.41, 5.74) is 0. The Labute approximate surface area is 130 Å². The molecule has 5 nitrogen and oxygen atoms in total. The fraction of sp³-hybridized carbons (Fsp3) is 0.583. The molecule has 0 aliphatic rings. The van der Waals surface area contributed by atoms with Crippen molar-refractivity contribution < 1.29 is 8.42 Å². The predicted octanol–water partition coefficient (Wildman–Crippen LogP) is 3.06. The smallest absolute Gasteiger partial charge is 0.147 e. The lowest BCUT2D eigenvalue weighted by molar-refractivity contribution is 0.600. The minimum Gasteiger partial charge on any atom is -0.369 e. The first-order valence-corrected chi connectivity index (χ1v) is 9.16. The highest BCUT2D eigenvalue weighted by Crippen LogP contribution is 2.29. The van der Waals surface area contributed by atoms with Crippen LogP contribution in [-0.2, 0) is 9.84 Å². The molecule has 0 amide bonds. The number of hydrogen-bond donors (Lipinski definition) is 2. The molecular formula is C12H19Cl2N3O2S. The van der Waals surface area contributed by atoms with Crippen LogP contribution in [-0.4, -0.2) is 38.5 Å². The van der Waals surface area contributed by atoms with E-state index in [0.717, 1.165) is 13.0 Å². The van der Waals surface area contributed by atoms with Crippen LogP contribution >= 0.6 is 23.2 Å². The summed E-state index contributed by atoms with van der Waals surface area (Å²) in [6.45, 7) is 3.29. The second-order valence-corrected chi connectivity index (χ2v) is 7.56. The lowest BCUT2D eigenvalue weighted by Crippen LogP contribution is -2.11. The van der Waals surface area contributed by atoms with Crippen molar-refractivity contribution in [1.29, 1.82) is 0 Å².